The zero-order valence-corrected chi connectivity index (χ0v) is 13.6. The van der Waals surface area contributed by atoms with Crippen molar-refractivity contribution >= 4 is 0 Å². The van der Waals surface area contributed by atoms with E-state index in [9.17, 15) is 5.26 Å². The third-order valence-corrected chi connectivity index (χ3v) is 3.46. The summed E-state index contributed by atoms with van der Waals surface area (Å²) in [5.74, 6) is 0.951. The van der Waals surface area contributed by atoms with E-state index in [1.807, 2.05) is 0 Å². The molecule has 1 aromatic rings. The van der Waals surface area contributed by atoms with Crippen molar-refractivity contribution < 1.29 is 10.1 Å². The second-order valence-electron chi connectivity index (χ2n) is 7.65. The molecule has 0 unspecified atom stereocenters. The molecule has 0 atom stereocenters. The van der Waals surface area contributed by atoms with E-state index in [1.54, 1.807) is 0 Å². The van der Waals surface area contributed by atoms with E-state index in [1.165, 1.54) is 5.56 Å². The predicted octanol–water partition coefficient (Wildman–Crippen LogP) is 5.26. The second-order valence-corrected chi connectivity index (χ2v) is 7.65. The molecule has 0 saturated heterocycles. The van der Waals surface area contributed by atoms with Gasteiger partial charge in [-0.05, 0) is 22.3 Å². The number of benzene rings is 1. The van der Waals surface area contributed by atoms with Gasteiger partial charge in [0.05, 0.1) is 0 Å². The molecule has 1 rings (SSSR count). The Kier molecular flexibility index (Phi) is 4.36. The standard InChI is InChI=1S/C17H28O2/c1-11(2)12-9-10-13(16(3,4)5)14(15(12)19-18)17(6,7)8/h9-11,18H,1-8H3. The molecule has 19 heavy (non-hydrogen) atoms. The van der Waals surface area contributed by atoms with Gasteiger partial charge < -0.3 is 4.89 Å². The van der Waals surface area contributed by atoms with Crippen LogP contribution in [0.2, 0.25) is 0 Å². The molecule has 1 N–H and O–H groups in total. The Hall–Kier alpha value is -1.02. The lowest BCUT2D eigenvalue weighted by atomic mass is 9.73. The fourth-order valence-corrected chi connectivity index (χ4v) is 2.52. The Balaban J connectivity index is 3.71. The predicted molar refractivity (Wildman–Crippen MR) is 81.2 cm³/mol. The van der Waals surface area contributed by atoms with E-state index < -0.39 is 0 Å². The molecule has 2 heteroatoms. The van der Waals surface area contributed by atoms with Crippen molar-refractivity contribution in [3.05, 3.63) is 28.8 Å². The molecule has 0 heterocycles. The van der Waals surface area contributed by atoms with Gasteiger partial charge in [-0.2, -0.15) is 0 Å². The van der Waals surface area contributed by atoms with Crippen LogP contribution in [0.4, 0.5) is 0 Å². The fourth-order valence-electron chi connectivity index (χ4n) is 2.52. The minimum atomic E-state index is -0.0778. The van der Waals surface area contributed by atoms with Gasteiger partial charge in [-0.25, -0.2) is 5.26 Å². The van der Waals surface area contributed by atoms with Gasteiger partial charge in [-0.15, -0.1) is 0 Å². The Morgan fingerprint density at radius 1 is 0.947 bits per heavy atom. The molecule has 0 amide bonds. The van der Waals surface area contributed by atoms with Gasteiger partial charge in [0.1, 0.15) is 0 Å². The monoisotopic (exact) mass is 264 g/mol. The molecule has 0 aliphatic rings. The van der Waals surface area contributed by atoms with Gasteiger partial charge in [0.25, 0.3) is 0 Å². The lowest BCUT2D eigenvalue weighted by molar-refractivity contribution is -0.139. The lowest BCUT2D eigenvalue weighted by Gasteiger charge is -2.32. The minimum Gasteiger partial charge on any atom is -0.340 e. The third kappa shape index (κ3) is 3.30. The van der Waals surface area contributed by atoms with Crippen molar-refractivity contribution in [3.8, 4) is 5.75 Å². The summed E-state index contributed by atoms with van der Waals surface area (Å²) in [6.45, 7) is 17.3. The van der Waals surface area contributed by atoms with Crippen LogP contribution in [0.1, 0.15) is 78.0 Å². The average Bonchev–Trinajstić information content (AvgIpc) is 2.24. The molecule has 1 aromatic carbocycles. The van der Waals surface area contributed by atoms with Crippen LogP contribution in [-0.4, -0.2) is 5.26 Å². The molecule has 108 valence electrons. The van der Waals surface area contributed by atoms with E-state index >= 15 is 0 Å². The maximum absolute atomic E-state index is 9.40. The van der Waals surface area contributed by atoms with Crippen LogP contribution < -0.4 is 4.89 Å². The van der Waals surface area contributed by atoms with Gasteiger partial charge in [0.15, 0.2) is 5.75 Å². The summed E-state index contributed by atoms with van der Waals surface area (Å²) in [4.78, 5) is 4.80. The van der Waals surface area contributed by atoms with Crippen LogP contribution in [0, 0.1) is 0 Å². The highest BCUT2D eigenvalue weighted by Gasteiger charge is 2.31. The molecule has 0 aromatic heterocycles. The number of hydrogen-bond acceptors (Lipinski definition) is 2. The average molecular weight is 264 g/mol. The summed E-state index contributed by atoms with van der Waals surface area (Å²) in [6, 6.07) is 4.25. The number of hydrogen-bond donors (Lipinski definition) is 1. The van der Waals surface area contributed by atoms with Gasteiger partial charge in [-0.3, -0.25) is 0 Å². The van der Waals surface area contributed by atoms with E-state index in [0.717, 1.165) is 11.1 Å². The van der Waals surface area contributed by atoms with Crippen molar-refractivity contribution in [3.63, 3.8) is 0 Å². The molecule has 0 aliphatic heterocycles. The Bertz CT molecular complexity index is 446. The molecule has 0 aliphatic carbocycles. The van der Waals surface area contributed by atoms with Crippen molar-refractivity contribution in [2.45, 2.75) is 72.1 Å². The molecule has 0 radical (unpaired) electrons. The highest BCUT2D eigenvalue weighted by atomic mass is 17.1. The maximum atomic E-state index is 9.40. The summed E-state index contributed by atoms with van der Waals surface area (Å²) >= 11 is 0. The van der Waals surface area contributed by atoms with Gasteiger partial charge in [0, 0.05) is 11.1 Å². The van der Waals surface area contributed by atoms with Gasteiger partial charge in [0.2, 0.25) is 0 Å². The summed E-state index contributed by atoms with van der Waals surface area (Å²) in [5, 5.41) is 9.40. The van der Waals surface area contributed by atoms with E-state index in [0.29, 0.717) is 11.7 Å². The zero-order valence-electron chi connectivity index (χ0n) is 13.6. The van der Waals surface area contributed by atoms with Crippen LogP contribution in [0.25, 0.3) is 0 Å². The molecule has 0 fully saturated rings. The summed E-state index contributed by atoms with van der Waals surface area (Å²) in [5.41, 5.74) is 3.33. The molecule has 0 spiro atoms. The van der Waals surface area contributed by atoms with Crippen molar-refractivity contribution in [1.82, 2.24) is 0 Å². The first-order valence-corrected chi connectivity index (χ1v) is 6.99. The Morgan fingerprint density at radius 2 is 1.47 bits per heavy atom. The quantitative estimate of drug-likeness (QED) is 0.583. The van der Waals surface area contributed by atoms with Gasteiger partial charge >= 0.3 is 0 Å². The summed E-state index contributed by atoms with van der Waals surface area (Å²) < 4.78 is 0. The maximum Gasteiger partial charge on any atom is 0.172 e. The van der Waals surface area contributed by atoms with Crippen LogP contribution in [0.5, 0.6) is 5.75 Å². The molecular formula is C17H28O2. The highest BCUT2D eigenvalue weighted by molar-refractivity contribution is 5.53. The normalized spacial score (nSPS) is 12.9. The molecule has 2 nitrogen and oxygen atoms in total. The van der Waals surface area contributed by atoms with Gasteiger partial charge in [-0.1, -0.05) is 67.5 Å². The topological polar surface area (TPSA) is 29.5 Å². The first-order chi connectivity index (χ1) is 8.50. The molecular weight excluding hydrogens is 236 g/mol. The Labute approximate surface area is 117 Å². The van der Waals surface area contributed by atoms with Crippen LogP contribution in [-0.2, 0) is 10.8 Å². The van der Waals surface area contributed by atoms with Crippen LogP contribution in [0.3, 0.4) is 0 Å². The third-order valence-electron chi connectivity index (χ3n) is 3.46. The van der Waals surface area contributed by atoms with E-state index in [2.05, 4.69) is 67.5 Å². The highest BCUT2D eigenvalue weighted by Crippen LogP contribution is 2.43. The lowest BCUT2D eigenvalue weighted by Crippen LogP contribution is -2.23. The van der Waals surface area contributed by atoms with Crippen LogP contribution in [0.15, 0.2) is 12.1 Å². The second kappa shape index (κ2) is 5.16. The summed E-state index contributed by atoms with van der Waals surface area (Å²) in [6.07, 6.45) is 0. The van der Waals surface area contributed by atoms with Crippen molar-refractivity contribution in [2.75, 3.05) is 0 Å². The smallest absolute Gasteiger partial charge is 0.172 e. The van der Waals surface area contributed by atoms with Crippen molar-refractivity contribution in [1.29, 1.82) is 0 Å². The molecule has 0 bridgehead atoms. The fraction of sp³-hybridized carbons (Fsp3) is 0.647. The van der Waals surface area contributed by atoms with E-state index in [-0.39, 0.29) is 10.8 Å². The largest absolute Gasteiger partial charge is 0.340 e. The minimum absolute atomic E-state index is 0.0192. The first kappa shape index (κ1) is 16.0. The van der Waals surface area contributed by atoms with E-state index in [4.69, 9.17) is 4.89 Å². The SMILES string of the molecule is CC(C)c1ccc(C(C)(C)C)c(C(C)(C)C)c1OO. The summed E-state index contributed by atoms with van der Waals surface area (Å²) in [7, 11) is 0. The molecule has 0 saturated carbocycles. The Morgan fingerprint density at radius 3 is 1.79 bits per heavy atom. The number of rotatable bonds is 2. The zero-order chi connectivity index (χ0) is 15.0. The van der Waals surface area contributed by atoms with Crippen molar-refractivity contribution in [2.24, 2.45) is 0 Å². The first-order valence-electron chi connectivity index (χ1n) is 6.99. The van der Waals surface area contributed by atoms with Crippen LogP contribution >= 0.6 is 0 Å².